The largest absolute Gasteiger partial charge is 0.355 e. The number of nitrogens with zero attached hydrogens (tertiary/aromatic N) is 1. The van der Waals surface area contributed by atoms with Crippen LogP contribution in [-0.4, -0.2) is 17.0 Å². The van der Waals surface area contributed by atoms with Gasteiger partial charge in [-0.05, 0) is 29.9 Å². The normalized spacial score (nSPS) is 10.8. The maximum atomic E-state index is 11.8. The van der Waals surface area contributed by atoms with Crippen LogP contribution in [0.1, 0.15) is 25.8 Å². The number of aromatic nitrogens is 1. The molecule has 3 heteroatoms. The van der Waals surface area contributed by atoms with Crippen LogP contribution in [0, 0.1) is 0 Å². The number of aryl methyl sites for hydroxylation is 1. The minimum atomic E-state index is 0.0836. The van der Waals surface area contributed by atoms with E-state index in [1.807, 2.05) is 10.8 Å². The number of hydrogen-bond acceptors (Lipinski definition) is 1. The van der Waals surface area contributed by atoms with E-state index in [1.165, 1.54) is 16.5 Å². The van der Waals surface area contributed by atoms with Crippen LogP contribution in [0.5, 0.6) is 0 Å². The zero-order valence-corrected chi connectivity index (χ0v) is 11.1. The number of carbonyl (C=O) groups excluding carboxylic acids is 1. The molecular formula is C15H20N2O. The van der Waals surface area contributed by atoms with Crippen molar-refractivity contribution in [2.45, 2.75) is 33.2 Å². The first-order valence-electron chi connectivity index (χ1n) is 6.59. The first-order chi connectivity index (χ1) is 8.76. The van der Waals surface area contributed by atoms with Gasteiger partial charge in [0, 0.05) is 12.7 Å². The summed E-state index contributed by atoms with van der Waals surface area (Å²) in [5.41, 5.74) is 2.48. The molecule has 1 aromatic carbocycles. The molecule has 0 saturated heterocycles. The number of rotatable bonds is 5. The van der Waals surface area contributed by atoms with Crippen molar-refractivity contribution in [2.75, 3.05) is 6.54 Å². The first kappa shape index (κ1) is 12.7. The number of carbonyl (C=O) groups is 1. The lowest BCUT2D eigenvalue weighted by molar-refractivity contribution is -0.121. The first-order valence-corrected chi connectivity index (χ1v) is 6.59. The molecule has 0 saturated carbocycles. The number of para-hydroxylation sites is 1. The molecule has 0 aliphatic rings. The standard InChI is InChI=1S/C15H20N2O/c1-3-9-16-14(18)11-17-10-8-13-7-5-6-12(4-2)15(13)17/h5-8,10H,3-4,9,11H2,1-2H3,(H,16,18). The molecule has 0 fully saturated rings. The van der Waals surface area contributed by atoms with Crippen LogP contribution in [0.4, 0.5) is 0 Å². The Morgan fingerprint density at radius 2 is 2.11 bits per heavy atom. The maximum absolute atomic E-state index is 11.8. The third-order valence-corrected chi connectivity index (χ3v) is 3.14. The van der Waals surface area contributed by atoms with Gasteiger partial charge in [0.15, 0.2) is 0 Å². The molecule has 1 heterocycles. The lowest BCUT2D eigenvalue weighted by atomic mass is 10.1. The second-order valence-electron chi connectivity index (χ2n) is 4.50. The van der Waals surface area contributed by atoms with Gasteiger partial charge >= 0.3 is 0 Å². The molecule has 0 aliphatic carbocycles. The third kappa shape index (κ3) is 2.55. The van der Waals surface area contributed by atoms with E-state index in [4.69, 9.17) is 0 Å². The molecule has 2 aromatic rings. The van der Waals surface area contributed by atoms with E-state index in [2.05, 4.69) is 43.4 Å². The fourth-order valence-corrected chi connectivity index (χ4v) is 2.23. The minimum Gasteiger partial charge on any atom is -0.355 e. The van der Waals surface area contributed by atoms with Crippen LogP contribution in [0.2, 0.25) is 0 Å². The van der Waals surface area contributed by atoms with Crippen molar-refractivity contribution >= 4 is 16.8 Å². The van der Waals surface area contributed by atoms with Gasteiger partial charge in [0.05, 0.1) is 5.52 Å². The number of hydrogen-bond donors (Lipinski definition) is 1. The Morgan fingerprint density at radius 3 is 2.83 bits per heavy atom. The second-order valence-corrected chi connectivity index (χ2v) is 4.50. The van der Waals surface area contributed by atoms with E-state index in [1.54, 1.807) is 0 Å². The van der Waals surface area contributed by atoms with Crippen molar-refractivity contribution in [3.05, 3.63) is 36.0 Å². The summed E-state index contributed by atoms with van der Waals surface area (Å²) in [7, 11) is 0. The topological polar surface area (TPSA) is 34.0 Å². The monoisotopic (exact) mass is 244 g/mol. The Balaban J connectivity index is 2.25. The smallest absolute Gasteiger partial charge is 0.239 e. The van der Waals surface area contributed by atoms with Gasteiger partial charge in [-0.2, -0.15) is 0 Å². The minimum absolute atomic E-state index is 0.0836. The van der Waals surface area contributed by atoms with E-state index in [0.29, 0.717) is 6.54 Å². The van der Waals surface area contributed by atoms with Crippen LogP contribution < -0.4 is 5.32 Å². The molecule has 0 radical (unpaired) electrons. The molecule has 3 nitrogen and oxygen atoms in total. The fraction of sp³-hybridized carbons (Fsp3) is 0.400. The van der Waals surface area contributed by atoms with Crippen LogP contribution in [0.15, 0.2) is 30.5 Å². The zero-order valence-electron chi connectivity index (χ0n) is 11.1. The van der Waals surface area contributed by atoms with E-state index in [0.717, 1.165) is 19.4 Å². The summed E-state index contributed by atoms with van der Waals surface area (Å²) in [5.74, 6) is 0.0836. The summed E-state index contributed by atoms with van der Waals surface area (Å²) < 4.78 is 2.04. The molecule has 0 aliphatic heterocycles. The highest BCUT2D eigenvalue weighted by Crippen LogP contribution is 2.20. The summed E-state index contributed by atoms with van der Waals surface area (Å²) in [5, 5.41) is 4.12. The molecule has 0 unspecified atom stereocenters. The van der Waals surface area contributed by atoms with Crippen molar-refractivity contribution in [2.24, 2.45) is 0 Å². The average molecular weight is 244 g/mol. The highest BCUT2D eigenvalue weighted by atomic mass is 16.1. The highest BCUT2D eigenvalue weighted by molar-refractivity contribution is 5.85. The van der Waals surface area contributed by atoms with Crippen molar-refractivity contribution < 1.29 is 4.79 Å². The molecule has 1 N–H and O–H groups in total. The average Bonchev–Trinajstić information content (AvgIpc) is 2.79. The molecule has 0 atom stereocenters. The van der Waals surface area contributed by atoms with Gasteiger partial charge in [-0.3, -0.25) is 4.79 Å². The summed E-state index contributed by atoms with van der Waals surface area (Å²) in [6, 6.07) is 8.36. The zero-order chi connectivity index (χ0) is 13.0. The Bertz CT molecular complexity index is 542. The summed E-state index contributed by atoms with van der Waals surface area (Å²) >= 11 is 0. The van der Waals surface area contributed by atoms with Gasteiger partial charge in [-0.1, -0.05) is 32.0 Å². The molecule has 1 amide bonds. The van der Waals surface area contributed by atoms with Gasteiger partial charge in [0.1, 0.15) is 6.54 Å². The predicted molar refractivity (Wildman–Crippen MR) is 74.6 cm³/mol. The Morgan fingerprint density at radius 1 is 1.28 bits per heavy atom. The van der Waals surface area contributed by atoms with Crippen LogP contribution in [-0.2, 0) is 17.8 Å². The van der Waals surface area contributed by atoms with Gasteiger partial charge in [0.2, 0.25) is 5.91 Å². The molecule has 0 bridgehead atoms. The highest BCUT2D eigenvalue weighted by Gasteiger charge is 2.08. The molecule has 0 spiro atoms. The van der Waals surface area contributed by atoms with Crippen molar-refractivity contribution in [3.63, 3.8) is 0 Å². The summed E-state index contributed by atoms with van der Waals surface area (Å²) in [4.78, 5) is 11.8. The van der Waals surface area contributed by atoms with E-state index in [9.17, 15) is 4.79 Å². The quantitative estimate of drug-likeness (QED) is 0.862. The number of nitrogens with one attached hydrogen (secondary N) is 1. The van der Waals surface area contributed by atoms with Crippen LogP contribution in [0.3, 0.4) is 0 Å². The number of benzene rings is 1. The van der Waals surface area contributed by atoms with Crippen LogP contribution in [0.25, 0.3) is 10.9 Å². The fourth-order valence-electron chi connectivity index (χ4n) is 2.23. The van der Waals surface area contributed by atoms with Crippen molar-refractivity contribution in [1.82, 2.24) is 9.88 Å². The number of amides is 1. The third-order valence-electron chi connectivity index (χ3n) is 3.14. The van der Waals surface area contributed by atoms with Gasteiger partial charge in [0.25, 0.3) is 0 Å². The van der Waals surface area contributed by atoms with E-state index in [-0.39, 0.29) is 5.91 Å². The van der Waals surface area contributed by atoms with Gasteiger partial charge in [-0.25, -0.2) is 0 Å². The van der Waals surface area contributed by atoms with Crippen molar-refractivity contribution in [1.29, 1.82) is 0 Å². The Kier molecular flexibility index (Phi) is 4.03. The van der Waals surface area contributed by atoms with E-state index < -0.39 is 0 Å². The molecule has 1 aromatic heterocycles. The Hall–Kier alpha value is -1.77. The predicted octanol–water partition coefficient (Wildman–Crippen LogP) is 2.73. The number of fused-ring (bicyclic) bond motifs is 1. The molecular weight excluding hydrogens is 224 g/mol. The lowest BCUT2D eigenvalue weighted by Crippen LogP contribution is -2.27. The van der Waals surface area contributed by atoms with Gasteiger partial charge in [-0.15, -0.1) is 0 Å². The molecule has 2 rings (SSSR count). The summed E-state index contributed by atoms with van der Waals surface area (Å²) in [6.45, 7) is 5.35. The Labute approximate surface area is 108 Å². The maximum Gasteiger partial charge on any atom is 0.239 e. The van der Waals surface area contributed by atoms with Gasteiger partial charge < -0.3 is 9.88 Å². The lowest BCUT2D eigenvalue weighted by Gasteiger charge is -2.09. The second kappa shape index (κ2) is 5.71. The summed E-state index contributed by atoms with van der Waals surface area (Å²) in [6.07, 6.45) is 3.95. The van der Waals surface area contributed by atoms with E-state index >= 15 is 0 Å². The SMILES string of the molecule is CCCNC(=O)Cn1ccc2cccc(CC)c21. The molecule has 96 valence electrons. The molecule has 18 heavy (non-hydrogen) atoms. The van der Waals surface area contributed by atoms with Crippen LogP contribution >= 0.6 is 0 Å². The van der Waals surface area contributed by atoms with Crippen molar-refractivity contribution in [3.8, 4) is 0 Å².